The summed E-state index contributed by atoms with van der Waals surface area (Å²) in [6.45, 7) is 2.84. The van der Waals surface area contributed by atoms with Crippen LogP contribution in [0.15, 0.2) is 18.2 Å². The highest BCUT2D eigenvalue weighted by Gasteiger charge is 2.18. The minimum Gasteiger partial charge on any atom is -0.493 e. The maximum atomic E-state index is 12.2. The molecule has 0 aliphatic carbocycles. The number of ether oxygens (including phenoxy) is 2. The number of nitrogens with two attached hydrogens (primary N) is 1. The first-order chi connectivity index (χ1) is 10.2. The molecule has 0 bridgehead atoms. The Labute approximate surface area is 125 Å². The molecular formula is C15H23N3O3. The fourth-order valence-electron chi connectivity index (χ4n) is 2.24. The van der Waals surface area contributed by atoms with E-state index in [1.165, 1.54) is 0 Å². The second-order valence-corrected chi connectivity index (χ2v) is 5.02. The van der Waals surface area contributed by atoms with Crippen LogP contribution >= 0.6 is 0 Å². The average molecular weight is 293 g/mol. The van der Waals surface area contributed by atoms with Gasteiger partial charge in [0, 0.05) is 18.2 Å². The molecule has 1 aliphatic rings. The summed E-state index contributed by atoms with van der Waals surface area (Å²) in [4.78, 5) is 12.2. The van der Waals surface area contributed by atoms with Gasteiger partial charge in [-0.3, -0.25) is 4.79 Å². The minimum absolute atomic E-state index is 0.0879. The molecule has 1 amide bonds. The Morgan fingerprint density at radius 2 is 2.33 bits per heavy atom. The molecule has 1 atom stereocenters. The van der Waals surface area contributed by atoms with Gasteiger partial charge in [-0.25, -0.2) is 0 Å². The topological polar surface area (TPSA) is 85.6 Å². The van der Waals surface area contributed by atoms with Gasteiger partial charge in [-0.15, -0.1) is 0 Å². The van der Waals surface area contributed by atoms with Crippen LogP contribution in [0.5, 0.6) is 11.5 Å². The van der Waals surface area contributed by atoms with E-state index >= 15 is 0 Å². The third-order valence-electron chi connectivity index (χ3n) is 3.43. The highest BCUT2D eigenvalue weighted by molar-refractivity contribution is 5.95. The zero-order valence-electron chi connectivity index (χ0n) is 12.4. The second-order valence-electron chi connectivity index (χ2n) is 5.02. The van der Waals surface area contributed by atoms with Gasteiger partial charge in [0.2, 0.25) is 0 Å². The van der Waals surface area contributed by atoms with Gasteiger partial charge in [0.1, 0.15) is 0 Å². The van der Waals surface area contributed by atoms with E-state index in [1.54, 1.807) is 25.3 Å². The van der Waals surface area contributed by atoms with Crippen LogP contribution in [0.4, 0.5) is 0 Å². The molecule has 1 aromatic carbocycles. The van der Waals surface area contributed by atoms with E-state index in [2.05, 4.69) is 10.6 Å². The van der Waals surface area contributed by atoms with Crippen LogP contribution in [0.2, 0.25) is 0 Å². The van der Waals surface area contributed by atoms with E-state index in [-0.39, 0.29) is 11.9 Å². The third kappa shape index (κ3) is 4.34. The normalized spacial score (nSPS) is 17.5. The Kier molecular flexibility index (Phi) is 5.83. The molecule has 0 saturated carbocycles. The van der Waals surface area contributed by atoms with Crippen LogP contribution in [0.3, 0.4) is 0 Å². The molecule has 1 saturated heterocycles. The molecule has 1 heterocycles. The van der Waals surface area contributed by atoms with Crippen molar-refractivity contribution in [3.05, 3.63) is 23.8 Å². The maximum absolute atomic E-state index is 12.2. The second kappa shape index (κ2) is 7.85. The largest absolute Gasteiger partial charge is 0.493 e. The number of methoxy groups -OCH3 is 1. The quantitative estimate of drug-likeness (QED) is 0.638. The van der Waals surface area contributed by atoms with Crippen molar-refractivity contribution in [1.29, 1.82) is 0 Å². The Morgan fingerprint density at radius 3 is 3.00 bits per heavy atom. The number of carbonyl (C=O) groups excluding carboxylic acids is 1. The summed E-state index contributed by atoms with van der Waals surface area (Å²) < 4.78 is 10.9. The molecule has 6 nitrogen and oxygen atoms in total. The van der Waals surface area contributed by atoms with Gasteiger partial charge in [-0.1, -0.05) is 0 Å². The van der Waals surface area contributed by atoms with Gasteiger partial charge in [-0.2, -0.15) is 0 Å². The minimum atomic E-state index is -0.0879. The smallest absolute Gasteiger partial charge is 0.251 e. The first-order valence-corrected chi connectivity index (χ1v) is 7.27. The van der Waals surface area contributed by atoms with Gasteiger partial charge < -0.3 is 25.8 Å². The van der Waals surface area contributed by atoms with E-state index < -0.39 is 0 Å². The number of hydrogen-bond donors (Lipinski definition) is 3. The van der Waals surface area contributed by atoms with Crippen molar-refractivity contribution in [3.8, 4) is 11.5 Å². The highest BCUT2D eigenvalue weighted by Crippen LogP contribution is 2.28. The van der Waals surface area contributed by atoms with E-state index in [9.17, 15) is 4.79 Å². The van der Waals surface area contributed by atoms with E-state index in [4.69, 9.17) is 15.2 Å². The van der Waals surface area contributed by atoms with Crippen LogP contribution in [0.25, 0.3) is 0 Å². The van der Waals surface area contributed by atoms with Crippen molar-refractivity contribution < 1.29 is 14.3 Å². The SMILES string of the molecule is COc1ccc(C(=O)NC2CCNC2)cc1OCCCN. The molecule has 1 unspecified atom stereocenters. The molecule has 1 aromatic rings. The highest BCUT2D eigenvalue weighted by atomic mass is 16.5. The monoisotopic (exact) mass is 293 g/mol. The predicted octanol–water partition coefficient (Wildman–Crippen LogP) is 0.515. The van der Waals surface area contributed by atoms with E-state index in [0.717, 1.165) is 25.9 Å². The Hall–Kier alpha value is -1.79. The number of benzene rings is 1. The summed E-state index contributed by atoms with van der Waals surface area (Å²) in [6.07, 6.45) is 1.72. The lowest BCUT2D eigenvalue weighted by Gasteiger charge is -2.14. The zero-order valence-corrected chi connectivity index (χ0v) is 12.4. The number of hydrogen-bond acceptors (Lipinski definition) is 5. The molecule has 4 N–H and O–H groups in total. The number of carbonyl (C=O) groups is 1. The van der Waals surface area contributed by atoms with Gasteiger partial charge in [0.25, 0.3) is 5.91 Å². The lowest BCUT2D eigenvalue weighted by atomic mass is 10.1. The van der Waals surface area contributed by atoms with Crippen molar-refractivity contribution in [3.63, 3.8) is 0 Å². The Balaban J connectivity index is 2.04. The standard InChI is InChI=1S/C15H23N3O3/c1-20-13-4-3-11(9-14(13)21-8-2-6-16)15(19)18-12-5-7-17-10-12/h3-4,9,12,17H,2,5-8,10,16H2,1H3,(H,18,19). The van der Waals surface area contributed by atoms with Crippen molar-refractivity contribution in [2.75, 3.05) is 33.4 Å². The first-order valence-electron chi connectivity index (χ1n) is 7.27. The van der Waals surface area contributed by atoms with E-state index in [0.29, 0.717) is 30.2 Å². The molecule has 0 spiro atoms. The molecule has 2 rings (SSSR count). The van der Waals surface area contributed by atoms with Gasteiger partial charge in [0.15, 0.2) is 11.5 Å². The van der Waals surface area contributed by atoms with Crippen molar-refractivity contribution in [1.82, 2.24) is 10.6 Å². The Bertz CT molecular complexity index is 473. The lowest BCUT2D eigenvalue weighted by molar-refractivity contribution is 0.0939. The number of amides is 1. The predicted molar refractivity (Wildman–Crippen MR) is 80.9 cm³/mol. The summed E-state index contributed by atoms with van der Waals surface area (Å²) in [5, 5.41) is 6.23. The van der Waals surface area contributed by atoms with Crippen molar-refractivity contribution in [2.24, 2.45) is 5.73 Å². The lowest BCUT2D eigenvalue weighted by Crippen LogP contribution is -2.36. The summed E-state index contributed by atoms with van der Waals surface area (Å²) >= 11 is 0. The number of rotatable bonds is 7. The fraction of sp³-hybridized carbons (Fsp3) is 0.533. The average Bonchev–Trinajstić information content (AvgIpc) is 3.00. The maximum Gasteiger partial charge on any atom is 0.251 e. The Morgan fingerprint density at radius 1 is 1.48 bits per heavy atom. The fourth-order valence-corrected chi connectivity index (χ4v) is 2.24. The summed E-state index contributed by atoms with van der Waals surface area (Å²) in [7, 11) is 1.58. The first kappa shape index (κ1) is 15.6. The molecule has 1 fully saturated rings. The van der Waals surface area contributed by atoms with Gasteiger partial charge in [0.05, 0.1) is 13.7 Å². The van der Waals surface area contributed by atoms with Crippen molar-refractivity contribution >= 4 is 5.91 Å². The molecule has 116 valence electrons. The molecule has 0 radical (unpaired) electrons. The zero-order chi connectivity index (χ0) is 15.1. The van der Waals surface area contributed by atoms with Gasteiger partial charge >= 0.3 is 0 Å². The molecule has 0 aromatic heterocycles. The molecular weight excluding hydrogens is 270 g/mol. The number of nitrogens with one attached hydrogen (secondary N) is 2. The van der Waals surface area contributed by atoms with Crippen LogP contribution in [0, 0.1) is 0 Å². The molecule has 1 aliphatic heterocycles. The van der Waals surface area contributed by atoms with Crippen LogP contribution in [-0.4, -0.2) is 45.3 Å². The van der Waals surface area contributed by atoms with E-state index in [1.807, 2.05) is 0 Å². The summed E-state index contributed by atoms with van der Waals surface area (Å²) in [5.74, 6) is 1.10. The molecule has 6 heteroatoms. The molecule has 21 heavy (non-hydrogen) atoms. The van der Waals surface area contributed by atoms with Gasteiger partial charge in [-0.05, 0) is 44.1 Å². The third-order valence-corrected chi connectivity index (χ3v) is 3.43. The van der Waals surface area contributed by atoms with Crippen LogP contribution in [0.1, 0.15) is 23.2 Å². The van der Waals surface area contributed by atoms with Crippen molar-refractivity contribution in [2.45, 2.75) is 18.9 Å². The summed E-state index contributed by atoms with van der Waals surface area (Å²) in [5.41, 5.74) is 6.03. The van der Waals surface area contributed by atoms with Crippen LogP contribution in [-0.2, 0) is 0 Å². The van der Waals surface area contributed by atoms with Crippen LogP contribution < -0.4 is 25.8 Å². The summed E-state index contributed by atoms with van der Waals surface area (Å²) in [6, 6.07) is 5.40.